The largest absolute Gasteiger partial charge is 0.496 e. The Kier molecular flexibility index (Phi) is 5.54. The first-order valence-electron chi connectivity index (χ1n) is 9.18. The number of rotatable bonds is 6. The molecule has 2 heterocycles. The number of methoxy groups -OCH3 is 3. The van der Waals surface area contributed by atoms with Crippen LogP contribution in [0.4, 0.5) is 0 Å². The van der Waals surface area contributed by atoms with Crippen molar-refractivity contribution in [3.8, 4) is 23.0 Å². The number of hydrogen-bond donors (Lipinski definition) is 0. The number of ether oxygens (including phenoxy) is 4. The third-order valence-electron chi connectivity index (χ3n) is 5.12. The predicted octanol–water partition coefficient (Wildman–Crippen LogP) is 3.08. The quantitative estimate of drug-likeness (QED) is 0.688. The summed E-state index contributed by atoms with van der Waals surface area (Å²) in [6, 6.07) is 8.60. The lowest BCUT2D eigenvalue weighted by Gasteiger charge is -2.26. The van der Waals surface area contributed by atoms with E-state index in [1.807, 2.05) is 0 Å². The molecular formula is C20H23NO6S2. The summed E-state index contributed by atoms with van der Waals surface area (Å²) in [4.78, 5) is 0.286. The Balaban J connectivity index is 1.74. The lowest BCUT2D eigenvalue weighted by Crippen LogP contribution is -2.30. The van der Waals surface area contributed by atoms with E-state index in [1.54, 1.807) is 63.4 Å². The van der Waals surface area contributed by atoms with Crippen molar-refractivity contribution in [2.45, 2.75) is 16.7 Å². The maximum atomic E-state index is 13.5. The minimum atomic E-state index is -3.69. The van der Waals surface area contributed by atoms with Gasteiger partial charge in [0.15, 0.2) is 11.5 Å². The Morgan fingerprint density at radius 2 is 1.76 bits per heavy atom. The summed E-state index contributed by atoms with van der Waals surface area (Å²) in [5, 5.41) is -0.417. The predicted molar refractivity (Wildman–Crippen MR) is 111 cm³/mol. The normalized spacial score (nSPS) is 18.9. The van der Waals surface area contributed by atoms with Crippen LogP contribution in [0, 0.1) is 0 Å². The molecule has 0 bridgehead atoms. The number of thioether (sulfide) groups is 1. The third-order valence-corrected chi connectivity index (χ3v) is 8.35. The van der Waals surface area contributed by atoms with Crippen LogP contribution in [0.3, 0.4) is 0 Å². The second kappa shape index (κ2) is 7.97. The number of fused-ring (bicyclic) bond motifs is 1. The summed E-state index contributed by atoms with van der Waals surface area (Å²) >= 11 is 1.56. The van der Waals surface area contributed by atoms with E-state index in [1.165, 1.54) is 4.31 Å². The average molecular weight is 438 g/mol. The molecule has 2 aliphatic heterocycles. The van der Waals surface area contributed by atoms with Crippen LogP contribution in [0.15, 0.2) is 35.2 Å². The van der Waals surface area contributed by atoms with Gasteiger partial charge in [0.05, 0.1) is 38.2 Å². The van der Waals surface area contributed by atoms with E-state index < -0.39 is 15.4 Å². The van der Waals surface area contributed by atoms with Crippen molar-refractivity contribution in [2.24, 2.45) is 0 Å². The second-order valence-corrected chi connectivity index (χ2v) is 9.73. The van der Waals surface area contributed by atoms with Gasteiger partial charge in [-0.2, -0.15) is 4.31 Å². The van der Waals surface area contributed by atoms with E-state index in [4.69, 9.17) is 18.9 Å². The molecule has 0 radical (unpaired) electrons. The van der Waals surface area contributed by atoms with Gasteiger partial charge in [-0.1, -0.05) is 0 Å². The highest BCUT2D eigenvalue weighted by molar-refractivity contribution is 8.01. The second-order valence-electron chi connectivity index (χ2n) is 6.66. The van der Waals surface area contributed by atoms with E-state index in [9.17, 15) is 8.42 Å². The molecule has 2 aromatic rings. The Morgan fingerprint density at radius 1 is 1.03 bits per heavy atom. The maximum absolute atomic E-state index is 13.5. The van der Waals surface area contributed by atoms with E-state index in [0.29, 0.717) is 36.2 Å². The fourth-order valence-electron chi connectivity index (χ4n) is 3.65. The monoisotopic (exact) mass is 437 g/mol. The van der Waals surface area contributed by atoms with E-state index in [2.05, 4.69) is 0 Å². The minimum Gasteiger partial charge on any atom is -0.496 e. The molecule has 0 amide bonds. The SMILES string of the molecule is COc1cc(OC)c(C2SCCN2S(=O)(=O)c2ccc3c(c2)CCO3)cc1OC. The molecule has 2 aliphatic rings. The molecule has 0 aromatic heterocycles. The van der Waals surface area contributed by atoms with Crippen molar-refractivity contribution < 1.29 is 27.4 Å². The Labute approximate surface area is 174 Å². The van der Waals surface area contributed by atoms with Gasteiger partial charge in [-0.05, 0) is 29.8 Å². The molecule has 29 heavy (non-hydrogen) atoms. The van der Waals surface area contributed by atoms with Crippen LogP contribution >= 0.6 is 11.8 Å². The summed E-state index contributed by atoms with van der Waals surface area (Å²) < 4.78 is 50.3. The van der Waals surface area contributed by atoms with Gasteiger partial charge in [-0.15, -0.1) is 11.8 Å². The van der Waals surface area contributed by atoms with Crippen molar-refractivity contribution >= 4 is 21.8 Å². The van der Waals surface area contributed by atoms with Crippen LogP contribution in [0.2, 0.25) is 0 Å². The van der Waals surface area contributed by atoms with Gasteiger partial charge in [0.25, 0.3) is 0 Å². The third kappa shape index (κ3) is 3.51. The number of nitrogens with zero attached hydrogens (tertiary/aromatic N) is 1. The highest BCUT2D eigenvalue weighted by Crippen LogP contribution is 2.48. The molecule has 156 valence electrons. The van der Waals surface area contributed by atoms with Crippen LogP contribution < -0.4 is 18.9 Å². The molecule has 1 unspecified atom stereocenters. The summed E-state index contributed by atoms with van der Waals surface area (Å²) in [6.45, 7) is 1.01. The van der Waals surface area contributed by atoms with Gasteiger partial charge >= 0.3 is 0 Å². The molecule has 7 nitrogen and oxygen atoms in total. The van der Waals surface area contributed by atoms with Crippen molar-refractivity contribution in [2.75, 3.05) is 40.2 Å². The van der Waals surface area contributed by atoms with Gasteiger partial charge in [0, 0.05) is 30.3 Å². The van der Waals surface area contributed by atoms with Crippen molar-refractivity contribution in [3.05, 3.63) is 41.5 Å². The molecule has 2 aromatic carbocycles. The molecule has 0 N–H and O–H groups in total. The number of hydrogen-bond acceptors (Lipinski definition) is 7. The van der Waals surface area contributed by atoms with Gasteiger partial charge in [0.2, 0.25) is 10.0 Å². The lowest BCUT2D eigenvalue weighted by molar-refractivity contribution is 0.344. The molecule has 9 heteroatoms. The molecule has 4 rings (SSSR count). The van der Waals surface area contributed by atoms with Crippen molar-refractivity contribution in [3.63, 3.8) is 0 Å². The lowest BCUT2D eigenvalue weighted by atomic mass is 10.1. The van der Waals surface area contributed by atoms with Crippen LogP contribution in [0.1, 0.15) is 16.5 Å². The molecule has 1 atom stereocenters. The maximum Gasteiger partial charge on any atom is 0.244 e. The van der Waals surface area contributed by atoms with Crippen molar-refractivity contribution in [1.29, 1.82) is 0 Å². The van der Waals surface area contributed by atoms with Gasteiger partial charge < -0.3 is 18.9 Å². The Morgan fingerprint density at radius 3 is 2.48 bits per heavy atom. The zero-order valence-corrected chi connectivity index (χ0v) is 18.1. The smallest absolute Gasteiger partial charge is 0.244 e. The highest BCUT2D eigenvalue weighted by Gasteiger charge is 2.39. The standard InChI is InChI=1S/C20H23NO6S2/c1-24-17-12-19(26-3)18(25-2)11-15(17)20-21(7-9-28-20)29(22,23)14-4-5-16-13(10-14)6-8-27-16/h4-5,10-12,20H,6-9H2,1-3H3. The Bertz CT molecular complexity index is 1020. The minimum absolute atomic E-state index is 0.286. The molecular weight excluding hydrogens is 414 g/mol. The topological polar surface area (TPSA) is 74.3 Å². The first kappa shape index (κ1) is 20.2. The first-order valence-corrected chi connectivity index (χ1v) is 11.7. The van der Waals surface area contributed by atoms with E-state index >= 15 is 0 Å². The summed E-state index contributed by atoms with van der Waals surface area (Å²) in [5.41, 5.74) is 1.67. The fourth-order valence-corrected chi connectivity index (χ4v) is 6.95. The molecule has 0 spiro atoms. The van der Waals surface area contributed by atoms with Crippen LogP contribution in [-0.4, -0.2) is 53.0 Å². The van der Waals surface area contributed by atoms with Gasteiger partial charge in [0.1, 0.15) is 11.5 Å². The summed E-state index contributed by atoms with van der Waals surface area (Å²) in [6.07, 6.45) is 0.723. The number of benzene rings is 2. The average Bonchev–Trinajstić information content (AvgIpc) is 3.41. The van der Waals surface area contributed by atoms with Gasteiger partial charge in [-0.25, -0.2) is 8.42 Å². The molecule has 0 saturated carbocycles. The van der Waals surface area contributed by atoms with E-state index in [0.717, 1.165) is 23.3 Å². The summed E-state index contributed by atoms with van der Waals surface area (Å²) in [5.74, 6) is 3.07. The van der Waals surface area contributed by atoms with E-state index in [-0.39, 0.29) is 4.90 Å². The Hall–Kier alpha value is -2.10. The van der Waals surface area contributed by atoms with Crippen LogP contribution in [-0.2, 0) is 16.4 Å². The zero-order valence-electron chi connectivity index (χ0n) is 16.5. The summed E-state index contributed by atoms with van der Waals surface area (Å²) in [7, 11) is 0.975. The zero-order chi connectivity index (χ0) is 20.6. The van der Waals surface area contributed by atoms with Crippen LogP contribution in [0.5, 0.6) is 23.0 Å². The molecule has 0 aliphatic carbocycles. The first-order chi connectivity index (χ1) is 14.0. The van der Waals surface area contributed by atoms with Crippen LogP contribution in [0.25, 0.3) is 0 Å². The molecule has 1 fully saturated rings. The molecule has 1 saturated heterocycles. The highest BCUT2D eigenvalue weighted by atomic mass is 32.2. The fraction of sp³-hybridized carbons (Fsp3) is 0.400. The van der Waals surface area contributed by atoms with Gasteiger partial charge in [-0.3, -0.25) is 0 Å². The van der Waals surface area contributed by atoms with Crippen molar-refractivity contribution in [1.82, 2.24) is 4.31 Å². The number of sulfonamides is 1.